The fourth-order valence-electron chi connectivity index (χ4n) is 2.84. The number of fused-ring (bicyclic) bond motifs is 1. The number of carbonyl (C=O) groups excluding carboxylic acids is 2. The van der Waals surface area contributed by atoms with Gasteiger partial charge in [0.15, 0.2) is 13.2 Å². The lowest BCUT2D eigenvalue weighted by atomic mass is 10.1. The summed E-state index contributed by atoms with van der Waals surface area (Å²) in [5.41, 5.74) is 6.73. The first kappa shape index (κ1) is 19.2. The van der Waals surface area contributed by atoms with Gasteiger partial charge in [0.25, 0.3) is 11.8 Å². The molecule has 28 heavy (non-hydrogen) atoms. The van der Waals surface area contributed by atoms with Gasteiger partial charge in [0.2, 0.25) is 0 Å². The van der Waals surface area contributed by atoms with E-state index < -0.39 is 11.8 Å². The van der Waals surface area contributed by atoms with Crippen molar-refractivity contribution in [3.8, 4) is 11.5 Å². The molecule has 0 aliphatic heterocycles. The average molecular weight is 378 g/mol. The van der Waals surface area contributed by atoms with E-state index in [0.717, 1.165) is 21.9 Å². The van der Waals surface area contributed by atoms with Gasteiger partial charge in [0.05, 0.1) is 0 Å². The standard InChI is InChI=1S/C22H22N2O4/c1-15-10-16(2)12-18(11-15)27-13-21(25)23-24-22(26)14-28-20-9-5-7-17-6-3-4-8-19(17)20/h3-12H,13-14H2,1-2H3,(H,23,25)(H,24,26). The second-order valence-corrected chi connectivity index (χ2v) is 6.47. The van der Waals surface area contributed by atoms with Gasteiger partial charge in [-0.25, -0.2) is 0 Å². The van der Waals surface area contributed by atoms with Crippen molar-refractivity contribution in [3.05, 3.63) is 71.8 Å². The molecular formula is C22H22N2O4. The monoisotopic (exact) mass is 378 g/mol. The van der Waals surface area contributed by atoms with Crippen LogP contribution in [0.5, 0.6) is 11.5 Å². The molecular weight excluding hydrogens is 356 g/mol. The summed E-state index contributed by atoms with van der Waals surface area (Å²) in [6.07, 6.45) is 0. The molecule has 3 aromatic carbocycles. The zero-order chi connectivity index (χ0) is 19.9. The van der Waals surface area contributed by atoms with Crippen LogP contribution in [-0.4, -0.2) is 25.0 Å². The molecule has 2 N–H and O–H groups in total. The fraction of sp³-hybridized carbons (Fsp3) is 0.182. The first-order chi connectivity index (χ1) is 13.5. The lowest BCUT2D eigenvalue weighted by Gasteiger charge is -2.11. The predicted molar refractivity (Wildman–Crippen MR) is 107 cm³/mol. The van der Waals surface area contributed by atoms with Crippen molar-refractivity contribution in [3.63, 3.8) is 0 Å². The van der Waals surface area contributed by atoms with Crippen molar-refractivity contribution in [1.29, 1.82) is 0 Å². The number of benzene rings is 3. The van der Waals surface area contributed by atoms with Gasteiger partial charge in [-0.05, 0) is 48.6 Å². The number of amides is 2. The third-order valence-corrected chi connectivity index (χ3v) is 4.01. The third-order valence-electron chi connectivity index (χ3n) is 4.01. The normalized spacial score (nSPS) is 10.4. The van der Waals surface area contributed by atoms with Crippen LogP contribution in [0.3, 0.4) is 0 Å². The Morgan fingerprint density at radius 1 is 0.786 bits per heavy atom. The van der Waals surface area contributed by atoms with Crippen LogP contribution < -0.4 is 20.3 Å². The highest BCUT2D eigenvalue weighted by Gasteiger charge is 2.08. The first-order valence-electron chi connectivity index (χ1n) is 8.90. The van der Waals surface area contributed by atoms with Crippen molar-refractivity contribution >= 4 is 22.6 Å². The predicted octanol–water partition coefficient (Wildman–Crippen LogP) is 3.06. The van der Waals surface area contributed by atoms with E-state index in [1.807, 2.05) is 68.4 Å². The van der Waals surface area contributed by atoms with Crippen molar-refractivity contribution < 1.29 is 19.1 Å². The Morgan fingerprint density at radius 2 is 1.39 bits per heavy atom. The third kappa shape index (κ3) is 5.23. The quantitative estimate of drug-likeness (QED) is 0.647. The Labute approximate surface area is 163 Å². The SMILES string of the molecule is Cc1cc(C)cc(OCC(=O)NNC(=O)COc2cccc3ccccc23)c1. The van der Waals surface area contributed by atoms with Crippen LogP contribution in [0.25, 0.3) is 10.8 Å². The summed E-state index contributed by atoms with van der Waals surface area (Å²) in [7, 11) is 0. The molecule has 0 spiro atoms. The van der Waals surface area contributed by atoms with Gasteiger partial charge in [-0.2, -0.15) is 0 Å². The molecule has 0 saturated carbocycles. The van der Waals surface area contributed by atoms with Crippen LogP contribution >= 0.6 is 0 Å². The van der Waals surface area contributed by atoms with Gasteiger partial charge in [-0.3, -0.25) is 20.4 Å². The maximum atomic E-state index is 11.9. The summed E-state index contributed by atoms with van der Waals surface area (Å²) in [6, 6.07) is 19.1. The lowest BCUT2D eigenvalue weighted by Crippen LogP contribution is -2.45. The van der Waals surface area contributed by atoms with Crippen LogP contribution in [0.15, 0.2) is 60.7 Å². The highest BCUT2D eigenvalue weighted by atomic mass is 16.5. The molecule has 3 rings (SSSR count). The largest absolute Gasteiger partial charge is 0.484 e. The molecule has 144 valence electrons. The van der Waals surface area contributed by atoms with E-state index in [4.69, 9.17) is 9.47 Å². The van der Waals surface area contributed by atoms with Gasteiger partial charge in [-0.15, -0.1) is 0 Å². The summed E-state index contributed by atoms with van der Waals surface area (Å²) in [5, 5.41) is 1.95. The van der Waals surface area contributed by atoms with E-state index in [0.29, 0.717) is 11.5 Å². The molecule has 0 fully saturated rings. The minimum Gasteiger partial charge on any atom is -0.484 e. The number of nitrogens with one attached hydrogen (secondary N) is 2. The molecule has 6 heteroatoms. The average Bonchev–Trinajstić information content (AvgIpc) is 2.68. The molecule has 0 atom stereocenters. The number of rotatable bonds is 6. The highest BCUT2D eigenvalue weighted by Crippen LogP contribution is 2.24. The Balaban J connectivity index is 1.44. The Kier molecular flexibility index (Phi) is 6.11. The summed E-state index contributed by atoms with van der Waals surface area (Å²) in [5.74, 6) is 0.293. The van der Waals surface area contributed by atoms with Crippen molar-refractivity contribution in [2.75, 3.05) is 13.2 Å². The van der Waals surface area contributed by atoms with Crippen LogP contribution in [0.4, 0.5) is 0 Å². The minimum absolute atomic E-state index is 0.201. The number of hydrazine groups is 1. The number of hydrogen-bond acceptors (Lipinski definition) is 4. The van der Waals surface area contributed by atoms with E-state index in [1.165, 1.54) is 0 Å². The van der Waals surface area contributed by atoms with Gasteiger partial charge in [-0.1, -0.05) is 42.5 Å². The van der Waals surface area contributed by atoms with E-state index in [9.17, 15) is 9.59 Å². The fourth-order valence-corrected chi connectivity index (χ4v) is 2.84. The molecule has 0 aliphatic rings. The number of ether oxygens (including phenoxy) is 2. The van der Waals surface area contributed by atoms with E-state index in [2.05, 4.69) is 10.9 Å². The molecule has 0 aliphatic carbocycles. The van der Waals surface area contributed by atoms with Gasteiger partial charge < -0.3 is 9.47 Å². The highest BCUT2D eigenvalue weighted by molar-refractivity contribution is 5.89. The minimum atomic E-state index is -0.465. The van der Waals surface area contributed by atoms with Crippen LogP contribution in [-0.2, 0) is 9.59 Å². The molecule has 0 bridgehead atoms. The van der Waals surface area contributed by atoms with Crippen molar-refractivity contribution in [2.24, 2.45) is 0 Å². The topological polar surface area (TPSA) is 76.7 Å². The second-order valence-electron chi connectivity index (χ2n) is 6.47. The smallest absolute Gasteiger partial charge is 0.276 e. The molecule has 2 amide bonds. The van der Waals surface area contributed by atoms with E-state index in [-0.39, 0.29) is 13.2 Å². The molecule has 0 aromatic heterocycles. The summed E-state index contributed by atoms with van der Waals surface area (Å²) >= 11 is 0. The van der Waals surface area contributed by atoms with Gasteiger partial charge in [0.1, 0.15) is 11.5 Å². The maximum absolute atomic E-state index is 11.9. The molecule has 6 nitrogen and oxygen atoms in total. The Bertz CT molecular complexity index is 975. The van der Waals surface area contributed by atoms with E-state index in [1.54, 1.807) is 6.07 Å². The number of hydrogen-bond donors (Lipinski definition) is 2. The number of carbonyl (C=O) groups is 2. The van der Waals surface area contributed by atoms with Crippen molar-refractivity contribution in [1.82, 2.24) is 10.9 Å². The Morgan fingerprint density at radius 3 is 2.11 bits per heavy atom. The molecule has 3 aromatic rings. The van der Waals surface area contributed by atoms with Gasteiger partial charge in [0, 0.05) is 5.39 Å². The zero-order valence-electron chi connectivity index (χ0n) is 15.8. The Hall–Kier alpha value is -3.54. The lowest BCUT2D eigenvalue weighted by molar-refractivity contribution is -0.130. The van der Waals surface area contributed by atoms with Gasteiger partial charge >= 0.3 is 0 Å². The number of aryl methyl sites for hydroxylation is 2. The molecule has 0 unspecified atom stereocenters. The van der Waals surface area contributed by atoms with Crippen LogP contribution in [0.1, 0.15) is 11.1 Å². The zero-order valence-corrected chi connectivity index (χ0v) is 15.8. The summed E-state index contributed by atoms with van der Waals surface area (Å²) in [4.78, 5) is 23.8. The van der Waals surface area contributed by atoms with Crippen LogP contribution in [0, 0.1) is 13.8 Å². The van der Waals surface area contributed by atoms with Crippen molar-refractivity contribution in [2.45, 2.75) is 13.8 Å². The summed E-state index contributed by atoms with van der Waals surface area (Å²) < 4.78 is 11.0. The maximum Gasteiger partial charge on any atom is 0.276 e. The van der Waals surface area contributed by atoms with Crippen LogP contribution in [0.2, 0.25) is 0 Å². The first-order valence-corrected chi connectivity index (χ1v) is 8.90. The van der Waals surface area contributed by atoms with E-state index >= 15 is 0 Å². The molecule has 0 saturated heterocycles. The second kappa shape index (κ2) is 8.90. The molecule has 0 heterocycles. The molecule has 0 radical (unpaired) electrons. The summed E-state index contributed by atoms with van der Waals surface area (Å²) in [6.45, 7) is 3.49.